The molecule has 1 atom stereocenters. The first-order valence-electron chi connectivity index (χ1n) is 9.11. The fourth-order valence-corrected chi connectivity index (χ4v) is 2.91. The Kier molecular flexibility index (Phi) is 7.61. The highest BCUT2D eigenvalue weighted by molar-refractivity contribution is 7.74. The van der Waals surface area contributed by atoms with Crippen molar-refractivity contribution < 1.29 is 31.6 Å². The minimum Gasteiger partial charge on any atom is -0.489 e. The van der Waals surface area contributed by atoms with Crippen molar-refractivity contribution >= 4 is 23.0 Å². The zero-order valence-corrected chi connectivity index (χ0v) is 17.0. The first-order chi connectivity index (χ1) is 14.6. The predicted molar refractivity (Wildman–Crippen MR) is 111 cm³/mol. The van der Waals surface area contributed by atoms with Gasteiger partial charge >= 0.3 is 17.3 Å². The first kappa shape index (κ1) is 21.6. The molecule has 0 amide bonds. The molecule has 3 aromatic rings. The number of hydrogen-bond acceptors (Lipinski definition) is 7. The van der Waals surface area contributed by atoms with Crippen molar-refractivity contribution in [3.8, 4) is 16.9 Å². The smallest absolute Gasteiger partial charge is 0.374 e. The lowest BCUT2D eigenvalue weighted by molar-refractivity contribution is 0.0491. The van der Waals surface area contributed by atoms with E-state index in [0.717, 1.165) is 16.8 Å². The van der Waals surface area contributed by atoms with Crippen molar-refractivity contribution in [3.63, 3.8) is 0 Å². The van der Waals surface area contributed by atoms with Crippen molar-refractivity contribution in [2.45, 2.75) is 13.5 Å². The van der Waals surface area contributed by atoms with E-state index in [1.165, 1.54) is 6.26 Å². The second kappa shape index (κ2) is 10.6. The van der Waals surface area contributed by atoms with Gasteiger partial charge in [-0.05, 0) is 48.4 Å². The normalized spacial score (nSPS) is 11.7. The molecule has 1 heterocycles. The summed E-state index contributed by atoms with van der Waals surface area (Å²) in [5, 5.41) is 2.88. The van der Waals surface area contributed by atoms with Gasteiger partial charge in [0.2, 0.25) is 5.76 Å². The van der Waals surface area contributed by atoms with Crippen molar-refractivity contribution in [2.24, 2.45) is 0 Å². The second-order valence-corrected chi connectivity index (χ2v) is 6.73. The average Bonchev–Trinajstić information content (AvgIpc) is 3.23. The Bertz CT molecular complexity index is 1020. The average molecular weight is 431 g/mol. The van der Waals surface area contributed by atoms with Gasteiger partial charge in [-0.2, -0.15) is 4.21 Å². The van der Waals surface area contributed by atoms with Crippen LogP contribution >= 0.6 is 0 Å². The van der Waals surface area contributed by atoms with Crippen LogP contribution in [-0.4, -0.2) is 28.1 Å². The third-order valence-corrected chi connectivity index (χ3v) is 4.36. The van der Waals surface area contributed by atoms with Crippen molar-refractivity contribution in [1.29, 1.82) is 0 Å². The Hall–Kier alpha value is -3.14. The number of carbonyl (C=O) groups is 1. The lowest BCUT2D eigenvalue weighted by atomic mass is 10.1. The van der Waals surface area contributed by atoms with Crippen LogP contribution in [-0.2, 0) is 26.9 Å². The van der Waals surface area contributed by atoms with Crippen LogP contribution in [0.5, 0.6) is 5.75 Å². The van der Waals surface area contributed by atoms with E-state index < -0.39 is 17.3 Å². The molecular formula is C21H21NO7S. The van der Waals surface area contributed by atoms with E-state index in [2.05, 4.69) is 9.50 Å². The van der Waals surface area contributed by atoms with E-state index in [1.807, 2.05) is 48.5 Å². The van der Waals surface area contributed by atoms with Crippen LogP contribution in [0.3, 0.4) is 0 Å². The second-order valence-electron chi connectivity index (χ2n) is 6.06. The van der Waals surface area contributed by atoms with Crippen molar-refractivity contribution in [3.05, 3.63) is 72.2 Å². The minimum absolute atomic E-state index is 0.0943. The van der Waals surface area contributed by atoms with Gasteiger partial charge in [0, 0.05) is 11.3 Å². The number of hydrogen-bond donors (Lipinski definition) is 2. The number of nitrogens with one attached hydrogen (secondary N) is 1. The lowest BCUT2D eigenvalue weighted by Gasteiger charge is -2.10. The molecule has 2 N–H and O–H groups in total. The van der Waals surface area contributed by atoms with Gasteiger partial charge < -0.3 is 19.2 Å². The van der Waals surface area contributed by atoms with Crippen LogP contribution in [0.4, 0.5) is 5.69 Å². The number of ether oxygens (including phenoxy) is 2. The fraction of sp³-hybridized carbons (Fsp3) is 0.190. The van der Waals surface area contributed by atoms with Crippen LogP contribution in [0.15, 0.2) is 65.3 Å². The van der Waals surface area contributed by atoms with Crippen LogP contribution < -0.4 is 10.1 Å². The summed E-state index contributed by atoms with van der Waals surface area (Å²) in [6.45, 7) is 2.21. The minimum atomic E-state index is -2.32. The number of benzene rings is 2. The number of carbonyl (C=O) groups excluding carboxylic acids is 1. The highest BCUT2D eigenvalue weighted by Gasteiger charge is 2.18. The molecule has 0 spiro atoms. The zero-order valence-electron chi connectivity index (χ0n) is 16.2. The van der Waals surface area contributed by atoms with Crippen molar-refractivity contribution in [2.75, 3.05) is 18.7 Å². The van der Waals surface area contributed by atoms with Gasteiger partial charge in [-0.1, -0.05) is 24.3 Å². The molecular weight excluding hydrogens is 410 g/mol. The molecule has 9 heteroatoms. The van der Waals surface area contributed by atoms with E-state index >= 15 is 0 Å². The summed E-state index contributed by atoms with van der Waals surface area (Å²) < 4.78 is 39.9. The number of anilines is 1. The summed E-state index contributed by atoms with van der Waals surface area (Å²) in [5.74, 6) is 0.266. The molecule has 1 aromatic heterocycles. The standard InChI is InChI=1S/C21H21NO7S/c1-2-26-21(23)20-19(9-10-27-20)16-6-4-8-18(12-16)28-13-15-5-3-7-17(11-15)22-14-29-30(24)25/h3-12,22H,2,13-14H2,1H3,(H,24,25). The van der Waals surface area contributed by atoms with Crippen LogP contribution in [0, 0.1) is 0 Å². The molecule has 0 saturated carbocycles. The molecule has 2 aromatic carbocycles. The third kappa shape index (κ3) is 5.93. The SMILES string of the molecule is CCOC(=O)c1occc1-c1cccc(OCc2cccc(NCOS(=O)O)c2)c1. The topological polar surface area (TPSA) is 107 Å². The maximum Gasteiger partial charge on any atom is 0.374 e. The molecule has 0 radical (unpaired) electrons. The molecule has 0 saturated heterocycles. The number of esters is 1. The summed E-state index contributed by atoms with van der Waals surface area (Å²) in [6.07, 6.45) is 1.45. The lowest BCUT2D eigenvalue weighted by Crippen LogP contribution is -2.07. The molecule has 30 heavy (non-hydrogen) atoms. The van der Waals surface area contributed by atoms with E-state index in [1.54, 1.807) is 13.0 Å². The van der Waals surface area contributed by atoms with E-state index in [4.69, 9.17) is 18.4 Å². The Morgan fingerprint density at radius 2 is 2.00 bits per heavy atom. The van der Waals surface area contributed by atoms with Crippen LogP contribution in [0.25, 0.3) is 11.1 Å². The first-order valence-corrected chi connectivity index (χ1v) is 10.1. The van der Waals surface area contributed by atoms with Gasteiger partial charge in [-0.15, -0.1) is 0 Å². The highest BCUT2D eigenvalue weighted by atomic mass is 32.2. The fourth-order valence-electron chi connectivity index (χ4n) is 2.75. The highest BCUT2D eigenvalue weighted by Crippen LogP contribution is 2.29. The molecule has 1 unspecified atom stereocenters. The van der Waals surface area contributed by atoms with Gasteiger partial charge in [-0.25, -0.2) is 8.98 Å². The molecule has 0 fully saturated rings. The largest absolute Gasteiger partial charge is 0.489 e. The molecule has 0 aliphatic rings. The van der Waals surface area contributed by atoms with Gasteiger partial charge in [0.15, 0.2) is 0 Å². The summed E-state index contributed by atoms with van der Waals surface area (Å²) >= 11 is -2.32. The predicted octanol–water partition coefficient (Wildman–Crippen LogP) is 4.23. The van der Waals surface area contributed by atoms with Gasteiger partial charge in [0.1, 0.15) is 19.1 Å². The summed E-state index contributed by atoms with van der Waals surface area (Å²) in [5.41, 5.74) is 3.03. The monoisotopic (exact) mass is 431 g/mol. The Labute approximate surface area is 176 Å². The van der Waals surface area contributed by atoms with Gasteiger partial charge in [0.25, 0.3) is 0 Å². The number of rotatable bonds is 10. The molecule has 0 aliphatic carbocycles. The van der Waals surface area contributed by atoms with Crippen molar-refractivity contribution in [1.82, 2.24) is 0 Å². The summed E-state index contributed by atoms with van der Waals surface area (Å²) in [7, 11) is 0. The molecule has 0 aliphatic heterocycles. The van der Waals surface area contributed by atoms with Crippen LogP contribution in [0.1, 0.15) is 23.0 Å². The third-order valence-electron chi connectivity index (χ3n) is 4.04. The number of furan rings is 1. The molecule has 3 rings (SSSR count). The molecule has 8 nitrogen and oxygen atoms in total. The molecule has 0 bridgehead atoms. The van der Waals surface area contributed by atoms with E-state index in [9.17, 15) is 9.00 Å². The Morgan fingerprint density at radius 1 is 1.17 bits per heavy atom. The summed E-state index contributed by atoms with van der Waals surface area (Å²) in [4.78, 5) is 12.0. The van der Waals surface area contributed by atoms with Gasteiger partial charge in [0.05, 0.1) is 12.9 Å². The Morgan fingerprint density at radius 3 is 2.80 bits per heavy atom. The van der Waals surface area contributed by atoms with Crippen LogP contribution in [0.2, 0.25) is 0 Å². The quantitative estimate of drug-likeness (QED) is 0.279. The Balaban J connectivity index is 1.66. The molecule has 158 valence electrons. The van der Waals surface area contributed by atoms with Gasteiger partial charge in [-0.3, -0.25) is 4.55 Å². The maximum atomic E-state index is 12.0. The van der Waals surface area contributed by atoms with E-state index in [0.29, 0.717) is 17.9 Å². The summed E-state index contributed by atoms with van der Waals surface area (Å²) in [6, 6.07) is 16.4. The zero-order chi connectivity index (χ0) is 21.3. The van der Waals surface area contributed by atoms with E-state index in [-0.39, 0.29) is 19.1 Å². The maximum absolute atomic E-state index is 12.0.